The molecule has 6 nitrogen and oxygen atoms in total. The molecule has 2 aromatic carbocycles. The second-order valence-electron chi connectivity index (χ2n) is 8.49. The molecule has 0 aromatic heterocycles. The van der Waals surface area contributed by atoms with E-state index in [0.29, 0.717) is 5.75 Å². The maximum Gasteiger partial charge on any atom is 0.324 e. The van der Waals surface area contributed by atoms with Crippen LogP contribution in [-0.4, -0.2) is 51.9 Å². The van der Waals surface area contributed by atoms with Crippen molar-refractivity contribution in [3.63, 3.8) is 0 Å². The van der Waals surface area contributed by atoms with E-state index in [2.05, 4.69) is 5.32 Å². The summed E-state index contributed by atoms with van der Waals surface area (Å²) in [6, 6.07) is 17.2. The van der Waals surface area contributed by atoms with Gasteiger partial charge in [-0.05, 0) is 42.0 Å². The molecule has 4 rings (SSSR count). The van der Waals surface area contributed by atoms with Gasteiger partial charge in [0.25, 0.3) is 0 Å². The molecule has 7 heteroatoms. The summed E-state index contributed by atoms with van der Waals surface area (Å²) < 4.78 is 0. The number of carboxylic acids is 1. The third-order valence-corrected chi connectivity index (χ3v) is 7.34. The number of hydrogen-bond acceptors (Lipinski definition) is 5. The van der Waals surface area contributed by atoms with E-state index in [1.54, 1.807) is 12.2 Å². The quantitative estimate of drug-likeness (QED) is 0.457. The van der Waals surface area contributed by atoms with Crippen molar-refractivity contribution in [3.8, 4) is 11.1 Å². The largest absolute Gasteiger partial charge is 0.480 e. The number of nitrogens with zero attached hydrogens (tertiary/aromatic N) is 1. The molecule has 4 unspecified atom stereocenters. The smallest absolute Gasteiger partial charge is 0.324 e. The van der Waals surface area contributed by atoms with Crippen LogP contribution in [-0.2, 0) is 14.4 Å². The van der Waals surface area contributed by atoms with Gasteiger partial charge < -0.3 is 5.11 Å². The van der Waals surface area contributed by atoms with Crippen molar-refractivity contribution in [3.05, 3.63) is 72.3 Å². The highest BCUT2D eigenvalue weighted by atomic mass is 32.2. The average Bonchev–Trinajstić information content (AvgIpc) is 3.31. The lowest BCUT2D eigenvalue weighted by Crippen LogP contribution is -2.56. The van der Waals surface area contributed by atoms with Crippen molar-refractivity contribution < 1.29 is 19.5 Å². The summed E-state index contributed by atoms with van der Waals surface area (Å²) >= 11 is 1.53. The van der Waals surface area contributed by atoms with Crippen LogP contribution in [0.15, 0.2) is 66.7 Å². The van der Waals surface area contributed by atoms with Gasteiger partial charge in [-0.2, -0.15) is 11.8 Å². The molecule has 2 saturated heterocycles. The number of aliphatic carboxylic acids is 1. The first-order chi connectivity index (χ1) is 15.9. The van der Waals surface area contributed by atoms with Gasteiger partial charge in [-0.3, -0.25) is 24.6 Å². The van der Waals surface area contributed by atoms with Gasteiger partial charge in [-0.25, -0.2) is 0 Å². The normalized spacial score (nSPS) is 26.8. The minimum absolute atomic E-state index is 0.166. The van der Waals surface area contributed by atoms with Crippen LogP contribution in [0.25, 0.3) is 11.1 Å². The first-order valence-electron chi connectivity index (χ1n) is 11.1. The number of nitrogens with one attached hydrogen (secondary N) is 1. The number of carbonyl (C=O) groups is 3. The van der Waals surface area contributed by atoms with Gasteiger partial charge in [-0.1, -0.05) is 66.7 Å². The summed E-state index contributed by atoms with van der Waals surface area (Å²) in [4.78, 5) is 40.6. The van der Waals surface area contributed by atoms with Gasteiger partial charge in [0.15, 0.2) is 0 Å². The summed E-state index contributed by atoms with van der Waals surface area (Å²) in [5.74, 6) is -2.90. The minimum atomic E-state index is -1.48. The molecule has 172 valence electrons. The molecule has 4 atom stereocenters. The van der Waals surface area contributed by atoms with Crippen LogP contribution in [0.3, 0.4) is 0 Å². The number of benzene rings is 2. The summed E-state index contributed by atoms with van der Waals surface area (Å²) in [6.45, 7) is 1.99. The highest BCUT2D eigenvalue weighted by Gasteiger charge is 2.67. The van der Waals surface area contributed by atoms with E-state index in [1.807, 2.05) is 67.8 Å². The highest BCUT2D eigenvalue weighted by molar-refractivity contribution is 7.98. The zero-order valence-electron chi connectivity index (χ0n) is 18.7. The predicted octanol–water partition coefficient (Wildman–Crippen LogP) is 3.75. The Balaban J connectivity index is 1.74. The van der Waals surface area contributed by atoms with Gasteiger partial charge in [0.1, 0.15) is 5.54 Å². The number of carboxylic acid groups (broad SMARTS) is 1. The molecule has 2 N–H and O–H groups in total. The van der Waals surface area contributed by atoms with Gasteiger partial charge >= 0.3 is 5.97 Å². The molecule has 2 fully saturated rings. The molecule has 2 aromatic rings. The van der Waals surface area contributed by atoms with Crippen LogP contribution in [0, 0.1) is 11.8 Å². The maximum absolute atomic E-state index is 13.4. The molecule has 0 saturated carbocycles. The summed E-state index contributed by atoms with van der Waals surface area (Å²) in [6.07, 6.45) is 5.70. The van der Waals surface area contributed by atoms with E-state index in [-0.39, 0.29) is 18.9 Å². The molecule has 0 aliphatic carbocycles. The molecule has 0 radical (unpaired) electrons. The van der Waals surface area contributed by atoms with Crippen molar-refractivity contribution in [1.29, 1.82) is 0 Å². The number of fused-ring (bicyclic) bond motifs is 1. The highest BCUT2D eigenvalue weighted by Crippen LogP contribution is 2.50. The van der Waals surface area contributed by atoms with Crippen LogP contribution in [0.1, 0.15) is 24.9 Å². The van der Waals surface area contributed by atoms with Crippen molar-refractivity contribution in [2.24, 2.45) is 11.8 Å². The second-order valence-corrected chi connectivity index (χ2v) is 9.47. The number of rotatable bonds is 8. The lowest BCUT2D eigenvalue weighted by atomic mass is 9.78. The maximum atomic E-state index is 13.4. The molecule has 33 heavy (non-hydrogen) atoms. The number of imide groups is 1. The topological polar surface area (TPSA) is 86.7 Å². The molecule has 2 aliphatic rings. The van der Waals surface area contributed by atoms with Crippen LogP contribution >= 0.6 is 11.8 Å². The Kier molecular flexibility index (Phi) is 6.72. The molecule has 0 spiro atoms. The van der Waals surface area contributed by atoms with Crippen LogP contribution < -0.4 is 5.32 Å². The SMILES string of the molecule is CC=CCN1C(=O)C2C(c3ccc(-c4ccccc4)cc3)NC(CCSC)(C(=O)O)C2C1=O. The minimum Gasteiger partial charge on any atom is -0.480 e. The summed E-state index contributed by atoms with van der Waals surface area (Å²) in [7, 11) is 0. The first-order valence-corrected chi connectivity index (χ1v) is 12.5. The summed E-state index contributed by atoms with van der Waals surface area (Å²) in [5, 5.41) is 13.5. The predicted molar refractivity (Wildman–Crippen MR) is 130 cm³/mol. The second kappa shape index (κ2) is 9.53. The van der Waals surface area contributed by atoms with Crippen LogP contribution in [0.4, 0.5) is 0 Å². The number of allylic oxidation sites excluding steroid dienone is 1. The third-order valence-electron chi connectivity index (χ3n) is 6.73. The van der Waals surface area contributed by atoms with E-state index in [9.17, 15) is 19.5 Å². The van der Waals surface area contributed by atoms with E-state index in [0.717, 1.165) is 16.7 Å². The van der Waals surface area contributed by atoms with Crippen molar-refractivity contribution >= 4 is 29.5 Å². The van der Waals surface area contributed by atoms with E-state index < -0.39 is 35.3 Å². The Morgan fingerprint density at radius 1 is 1.09 bits per heavy atom. The van der Waals surface area contributed by atoms with Crippen LogP contribution in [0.5, 0.6) is 0 Å². The zero-order chi connectivity index (χ0) is 23.6. The van der Waals surface area contributed by atoms with E-state index in [4.69, 9.17) is 0 Å². The molecule has 2 aliphatic heterocycles. The molecule has 2 amide bonds. The Morgan fingerprint density at radius 3 is 2.36 bits per heavy atom. The Morgan fingerprint density at radius 2 is 1.76 bits per heavy atom. The van der Waals surface area contributed by atoms with Crippen molar-refractivity contribution in [1.82, 2.24) is 10.2 Å². The third kappa shape index (κ3) is 4.00. The molecule has 2 heterocycles. The monoisotopic (exact) mass is 464 g/mol. The van der Waals surface area contributed by atoms with Crippen LogP contribution in [0.2, 0.25) is 0 Å². The standard InChI is InChI=1S/C26H28N2O4S/c1-3-4-15-28-23(29)20-21(24(28)30)26(25(31)32,14-16-33-2)27-22(20)19-12-10-18(11-13-19)17-8-6-5-7-9-17/h3-13,20-22,27H,14-16H2,1-2H3,(H,31,32). The van der Waals surface area contributed by atoms with Crippen molar-refractivity contribution in [2.45, 2.75) is 24.9 Å². The fourth-order valence-electron chi connectivity index (χ4n) is 5.05. The van der Waals surface area contributed by atoms with Gasteiger partial charge in [-0.15, -0.1) is 0 Å². The summed E-state index contributed by atoms with van der Waals surface area (Å²) in [5.41, 5.74) is 1.44. The van der Waals surface area contributed by atoms with Gasteiger partial charge in [0.05, 0.1) is 11.8 Å². The molecule has 0 bridgehead atoms. The lowest BCUT2D eigenvalue weighted by Gasteiger charge is -2.31. The number of likely N-dealkylation sites (tertiary alicyclic amines) is 1. The first kappa shape index (κ1) is 23.3. The Hall–Kier alpha value is -2.90. The lowest BCUT2D eigenvalue weighted by molar-refractivity contribution is -0.151. The fourth-order valence-corrected chi connectivity index (χ4v) is 5.58. The zero-order valence-corrected chi connectivity index (χ0v) is 19.5. The number of hydrogen-bond donors (Lipinski definition) is 2. The van der Waals surface area contributed by atoms with E-state index in [1.165, 1.54) is 16.7 Å². The van der Waals surface area contributed by atoms with Gasteiger partial charge in [0, 0.05) is 12.6 Å². The van der Waals surface area contributed by atoms with Crippen molar-refractivity contribution in [2.75, 3.05) is 18.6 Å². The number of amides is 2. The fraction of sp³-hybridized carbons (Fsp3) is 0.346. The Bertz CT molecular complexity index is 1070. The molecular weight excluding hydrogens is 436 g/mol. The van der Waals surface area contributed by atoms with E-state index >= 15 is 0 Å². The Labute approximate surface area is 198 Å². The number of thioether (sulfide) groups is 1. The molecular formula is C26H28N2O4S. The average molecular weight is 465 g/mol. The number of carbonyl (C=O) groups excluding carboxylic acids is 2. The van der Waals surface area contributed by atoms with Gasteiger partial charge in [0.2, 0.25) is 11.8 Å².